The number of allylic oxidation sites excluding steroid dienone is 3. The molecule has 0 spiro atoms. The maximum absolute atomic E-state index is 12.1. The number of benzene rings is 1. The Morgan fingerprint density at radius 3 is 2.86 bits per heavy atom. The number of halogens is 1. The Morgan fingerprint density at radius 1 is 1.32 bits per heavy atom. The molecule has 1 aromatic rings. The second-order valence-electron chi connectivity index (χ2n) is 6.98. The van der Waals surface area contributed by atoms with Gasteiger partial charge in [-0.1, -0.05) is 42.0 Å². The second-order valence-corrected chi connectivity index (χ2v) is 7.41. The number of aliphatic hydroxyl groups is 1. The van der Waals surface area contributed by atoms with Gasteiger partial charge in [0.15, 0.2) is 0 Å². The minimum absolute atomic E-state index is 0.0403. The van der Waals surface area contributed by atoms with E-state index < -0.39 is 12.1 Å². The monoisotopic (exact) mass is 406 g/mol. The van der Waals surface area contributed by atoms with Crippen LogP contribution in [0.1, 0.15) is 38.5 Å². The summed E-state index contributed by atoms with van der Waals surface area (Å²) in [5.41, 5.74) is 0. The molecule has 0 saturated heterocycles. The van der Waals surface area contributed by atoms with Gasteiger partial charge in [0.05, 0.1) is 0 Å². The molecule has 6 heteroatoms. The molecule has 0 heterocycles. The molecular weight excluding hydrogens is 380 g/mol. The highest BCUT2D eigenvalue weighted by atomic mass is 35.5. The molecule has 2 N–H and O–H groups in total. The van der Waals surface area contributed by atoms with E-state index in [1.807, 2.05) is 18.2 Å². The van der Waals surface area contributed by atoms with Crippen LogP contribution in [-0.2, 0) is 9.59 Å². The largest absolute Gasteiger partial charge is 0.491 e. The third-order valence-electron chi connectivity index (χ3n) is 4.79. The number of carboxylic acid groups (broad SMARTS) is 1. The molecule has 0 bridgehead atoms. The lowest BCUT2D eigenvalue weighted by Gasteiger charge is -2.15. The molecule has 1 saturated carbocycles. The highest BCUT2D eigenvalue weighted by molar-refractivity contribution is 6.30. The van der Waals surface area contributed by atoms with Crippen molar-refractivity contribution in [2.75, 3.05) is 6.61 Å². The first-order chi connectivity index (χ1) is 13.5. The molecule has 1 aliphatic rings. The number of carboxylic acids is 1. The topological polar surface area (TPSA) is 83.8 Å². The number of carbonyl (C=O) groups excluding carboxylic acids is 1. The van der Waals surface area contributed by atoms with E-state index in [0.717, 1.165) is 19.3 Å². The molecule has 0 amide bonds. The number of hydrogen-bond donors (Lipinski definition) is 2. The Labute approximate surface area is 170 Å². The quantitative estimate of drug-likeness (QED) is 0.531. The lowest BCUT2D eigenvalue weighted by Crippen LogP contribution is -2.17. The summed E-state index contributed by atoms with van der Waals surface area (Å²) in [5.74, 6) is 0.141. The molecule has 3 atom stereocenters. The van der Waals surface area contributed by atoms with Crippen molar-refractivity contribution in [2.45, 2.75) is 44.6 Å². The van der Waals surface area contributed by atoms with E-state index in [4.69, 9.17) is 21.4 Å². The summed E-state index contributed by atoms with van der Waals surface area (Å²) >= 11 is 5.90. The van der Waals surface area contributed by atoms with E-state index in [-0.39, 0.29) is 30.6 Å². The van der Waals surface area contributed by atoms with Crippen molar-refractivity contribution < 1.29 is 24.5 Å². The molecule has 0 aromatic heterocycles. The van der Waals surface area contributed by atoms with Crippen LogP contribution in [0.25, 0.3) is 0 Å². The summed E-state index contributed by atoms with van der Waals surface area (Å²) < 4.78 is 5.53. The zero-order valence-electron chi connectivity index (χ0n) is 15.8. The minimum Gasteiger partial charge on any atom is -0.491 e. The van der Waals surface area contributed by atoms with Crippen LogP contribution in [0.15, 0.2) is 48.6 Å². The van der Waals surface area contributed by atoms with Gasteiger partial charge in [-0.05, 0) is 49.8 Å². The number of rotatable bonds is 11. The Kier molecular flexibility index (Phi) is 9.24. The SMILES string of the molecule is O=C(O)CCC=CCC[C@@H]1C(=O)CC[C@@H]1/C=C/C(O)COc1cccc(Cl)c1. The first-order valence-corrected chi connectivity index (χ1v) is 9.97. The fraction of sp³-hybridized carbons (Fsp3) is 0.455. The number of carbonyl (C=O) groups is 2. The second kappa shape index (κ2) is 11.7. The average Bonchev–Trinajstić information content (AvgIpc) is 3.01. The maximum Gasteiger partial charge on any atom is 0.303 e. The minimum atomic E-state index is -0.807. The summed E-state index contributed by atoms with van der Waals surface area (Å²) in [7, 11) is 0. The van der Waals surface area contributed by atoms with E-state index in [2.05, 4.69) is 0 Å². The zero-order valence-corrected chi connectivity index (χ0v) is 16.6. The molecule has 5 nitrogen and oxygen atoms in total. The smallest absolute Gasteiger partial charge is 0.303 e. The van der Waals surface area contributed by atoms with Gasteiger partial charge in [-0.15, -0.1) is 0 Å². The van der Waals surface area contributed by atoms with Crippen LogP contribution in [0.3, 0.4) is 0 Å². The van der Waals surface area contributed by atoms with Crippen LogP contribution >= 0.6 is 11.6 Å². The number of ketones is 1. The Hall–Kier alpha value is -2.11. The maximum atomic E-state index is 12.1. The summed E-state index contributed by atoms with van der Waals surface area (Å²) in [5, 5.41) is 19.3. The molecular formula is C22H27ClO5. The third-order valence-corrected chi connectivity index (χ3v) is 5.02. The van der Waals surface area contributed by atoms with Gasteiger partial charge in [0.25, 0.3) is 0 Å². The van der Waals surface area contributed by atoms with Crippen molar-refractivity contribution in [1.82, 2.24) is 0 Å². The first-order valence-electron chi connectivity index (χ1n) is 9.60. The van der Waals surface area contributed by atoms with E-state index in [1.54, 1.807) is 30.3 Å². The van der Waals surface area contributed by atoms with Crippen LogP contribution in [0.2, 0.25) is 5.02 Å². The van der Waals surface area contributed by atoms with E-state index in [1.165, 1.54) is 0 Å². The van der Waals surface area contributed by atoms with Gasteiger partial charge in [-0.3, -0.25) is 9.59 Å². The molecule has 0 aliphatic heterocycles. The number of hydrogen-bond acceptors (Lipinski definition) is 4. The first kappa shape index (κ1) is 22.2. The van der Waals surface area contributed by atoms with E-state index in [0.29, 0.717) is 23.6 Å². The van der Waals surface area contributed by atoms with Crippen LogP contribution in [0.4, 0.5) is 0 Å². The highest BCUT2D eigenvalue weighted by Crippen LogP contribution is 2.33. The Morgan fingerprint density at radius 2 is 2.11 bits per heavy atom. The molecule has 1 aromatic carbocycles. The molecule has 1 fully saturated rings. The van der Waals surface area contributed by atoms with Gasteiger partial charge in [0.2, 0.25) is 0 Å². The van der Waals surface area contributed by atoms with Crippen LogP contribution < -0.4 is 4.74 Å². The lowest BCUT2D eigenvalue weighted by atomic mass is 9.90. The summed E-state index contributed by atoms with van der Waals surface area (Å²) in [6.45, 7) is 0.120. The summed E-state index contributed by atoms with van der Waals surface area (Å²) in [6, 6.07) is 7.00. The van der Waals surface area contributed by atoms with Gasteiger partial charge < -0.3 is 14.9 Å². The van der Waals surface area contributed by atoms with Crippen molar-refractivity contribution in [3.63, 3.8) is 0 Å². The van der Waals surface area contributed by atoms with Gasteiger partial charge in [0.1, 0.15) is 24.2 Å². The molecule has 1 unspecified atom stereocenters. The standard InChI is InChI=1S/C22H27ClO5/c23-17-6-5-7-19(14-17)28-15-18(24)12-10-16-11-13-21(25)20(16)8-3-1-2-4-9-22(26)27/h1-2,5-7,10,12,14,16,18,20,24H,3-4,8-9,11,13,15H2,(H,26,27)/b2-1?,12-10+/t16-,18?,20-/m0/s1. The highest BCUT2D eigenvalue weighted by Gasteiger charge is 2.32. The van der Waals surface area contributed by atoms with Gasteiger partial charge in [-0.25, -0.2) is 0 Å². The molecule has 0 radical (unpaired) electrons. The van der Waals surface area contributed by atoms with Crippen molar-refractivity contribution in [3.8, 4) is 5.75 Å². The van der Waals surface area contributed by atoms with Crippen molar-refractivity contribution >= 4 is 23.4 Å². The van der Waals surface area contributed by atoms with Crippen molar-refractivity contribution in [3.05, 3.63) is 53.6 Å². The number of aliphatic carboxylic acids is 1. The number of aliphatic hydroxyl groups excluding tert-OH is 1. The average molecular weight is 407 g/mol. The van der Waals surface area contributed by atoms with Crippen molar-refractivity contribution in [1.29, 1.82) is 0 Å². The van der Waals surface area contributed by atoms with Crippen LogP contribution in [0.5, 0.6) is 5.75 Å². The van der Waals surface area contributed by atoms with E-state index >= 15 is 0 Å². The van der Waals surface area contributed by atoms with Crippen LogP contribution in [-0.4, -0.2) is 34.7 Å². The normalized spacial score (nSPS) is 20.9. The fourth-order valence-electron chi connectivity index (χ4n) is 3.32. The fourth-order valence-corrected chi connectivity index (χ4v) is 3.50. The predicted molar refractivity (Wildman–Crippen MR) is 109 cm³/mol. The van der Waals surface area contributed by atoms with Crippen LogP contribution in [0, 0.1) is 11.8 Å². The molecule has 152 valence electrons. The number of ether oxygens (including phenoxy) is 1. The van der Waals surface area contributed by atoms with Crippen molar-refractivity contribution in [2.24, 2.45) is 11.8 Å². The zero-order chi connectivity index (χ0) is 20.4. The Bertz CT molecular complexity index is 713. The lowest BCUT2D eigenvalue weighted by molar-refractivity contribution is -0.136. The van der Waals surface area contributed by atoms with Gasteiger partial charge >= 0.3 is 5.97 Å². The molecule has 28 heavy (non-hydrogen) atoms. The van der Waals surface area contributed by atoms with Gasteiger partial charge in [-0.2, -0.15) is 0 Å². The Balaban J connectivity index is 1.77. The van der Waals surface area contributed by atoms with Gasteiger partial charge in [0, 0.05) is 23.8 Å². The number of Topliss-reactive ketones (excluding diaryl/α,β-unsaturated/α-hetero) is 1. The third kappa shape index (κ3) is 7.87. The van der Waals surface area contributed by atoms with E-state index in [9.17, 15) is 14.7 Å². The summed E-state index contributed by atoms with van der Waals surface area (Å²) in [6.07, 6.45) is 10.2. The molecule has 1 aliphatic carbocycles. The summed E-state index contributed by atoms with van der Waals surface area (Å²) in [4.78, 5) is 22.6. The predicted octanol–water partition coefficient (Wildman–Crippen LogP) is 4.43. The molecule has 2 rings (SSSR count).